The van der Waals surface area contributed by atoms with E-state index in [-0.39, 0.29) is 6.10 Å². The van der Waals surface area contributed by atoms with Gasteiger partial charge in [0.1, 0.15) is 11.6 Å². The van der Waals surface area contributed by atoms with E-state index in [4.69, 9.17) is 4.74 Å². The summed E-state index contributed by atoms with van der Waals surface area (Å²) >= 11 is 0. The van der Waals surface area contributed by atoms with E-state index in [2.05, 4.69) is 11.8 Å². The van der Waals surface area contributed by atoms with Gasteiger partial charge in [-0.3, -0.25) is 4.90 Å². The minimum absolute atomic E-state index is 0.177. The fraction of sp³-hybridized carbons (Fsp3) is 0.625. The van der Waals surface area contributed by atoms with Crippen LogP contribution in [0.1, 0.15) is 38.4 Å². The number of ether oxygens (including phenoxy) is 1. The number of aliphatic hydroxyl groups excluding tert-OH is 1. The number of hydrogen-bond donors (Lipinski definition) is 1. The highest BCUT2D eigenvalue weighted by Crippen LogP contribution is 2.22. The Morgan fingerprint density at radius 2 is 2.00 bits per heavy atom. The molecule has 0 spiro atoms. The zero-order chi connectivity index (χ0) is 15.4. The van der Waals surface area contributed by atoms with Crippen molar-refractivity contribution < 1.29 is 18.6 Å². The Labute approximate surface area is 124 Å². The minimum atomic E-state index is -0.856. The van der Waals surface area contributed by atoms with Crippen LogP contribution in [0, 0.1) is 11.6 Å². The molecule has 0 aromatic heterocycles. The molecule has 0 radical (unpaired) electrons. The van der Waals surface area contributed by atoms with Gasteiger partial charge in [-0.05, 0) is 37.5 Å². The van der Waals surface area contributed by atoms with Crippen LogP contribution in [-0.4, -0.2) is 41.8 Å². The minimum Gasteiger partial charge on any atom is -0.388 e. The summed E-state index contributed by atoms with van der Waals surface area (Å²) in [5, 5.41) is 10.1. The van der Waals surface area contributed by atoms with Crippen LogP contribution in [0.5, 0.6) is 0 Å². The maximum atomic E-state index is 13.2. The lowest BCUT2D eigenvalue weighted by Crippen LogP contribution is -2.48. The lowest BCUT2D eigenvalue weighted by Gasteiger charge is -2.38. The summed E-state index contributed by atoms with van der Waals surface area (Å²) in [6.45, 7) is 6.34. The van der Waals surface area contributed by atoms with Crippen molar-refractivity contribution in [2.45, 2.75) is 44.9 Å². The second-order valence-electron chi connectivity index (χ2n) is 5.71. The topological polar surface area (TPSA) is 32.7 Å². The Bertz CT molecular complexity index is 449. The molecule has 1 heterocycles. The highest BCUT2D eigenvalue weighted by molar-refractivity contribution is 5.20. The largest absolute Gasteiger partial charge is 0.388 e. The molecular formula is C16H23F2NO2. The summed E-state index contributed by atoms with van der Waals surface area (Å²) in [5.41, 5.74) is 0.293. The Balaban J connectivity index is 1.94. The fourth-order valence-electron chi connectivity index (χ4n) is 2.79. The first-order valence-electron chi connectivity index (χ1n) is 7.49. The van der Waals surface area contributed by atoms with E-state index in [9.17, 15) is 13.9 Å². The van der Waals surface area contributed by atoms with Gasteiger partial charge in [0.2, 0.25) is 0 Å². The highest BCUT2D eigenvalue weighted by atomic mass is 19.1. The van der Waals surface area contributed by atoms with Crippen LogP contribution in [-0.2, 0) is 4.74 Å². The molecule has 3 unspecified atom stereocenters. The molecule has 1 saturated heterocycles. The summed E-state index contributed by atoms with van der Waals surface area (Å²) in [6.07, 6.45) is 0.756. The van der Waals surface area contributed by atoms with Crippen molar-refractivity contribution >= 4 is 0 Å². The third-order valence-electron chi connectivity index (χ3n) is 4.01. The average Bonchev–Trinajstić information content (AvgIpc) is 2.43. The van der Waals surface area contributed by atoms with Crippen LogP contribution in [0.25, 0.3) is 0 Å². The van der Waals surface area contributed by atoms with Crippen molar-refractivity contribution in [3.05, 3.63) is 35.4 Å². The summed E-state index contributed by atoms with van der Waals surface area (Å²) in [4.78, 5) is 2.28. The molecule has 3 nitrogen and oxygen atoms in total. The monoisotopic (exact) mass is 299 g/mol. The summed E-state index contributed by atoms with van der Waals surface area (Å²) in [5.74, 6) is -1.31. The first-order chi connectivity index (χ1) is 9.99. The van der Waals surface area contributed by atoms with Crippen molar-refractivity contribution in [1.82, 2.24) is 4.90 Å². The molecule has 1 fully saturated rings. The van der Waals surface area contributed by atoms with Gasteiger partial charge in [0.15, 0.2) is 0 Å². The van der Waals surface area contributed by atoms with Crippen LogP contribution in [0.3, 0.4) is 0 Å². The van der Waals surface area contributed by atoms with Gasteiger partial charge in [0.05, 0.1) is 18.8 Å². The number of aliphatic hydroxyl groups is 1. The third kappa shape index (κ3) is 4.46. The summed E-state index contributed by atoms with van der Waals surface area (Å²) in [7, 11) is 0. The molecule has 2 rings (SSSR count). The lowest BCUT2D eigenvalue weighted by molar-refractivity contribution is -0.0591. The molecule has 1 N–H and O–H groups in total. The zero-order valence-electron chi connectivity index (χ0n) is 12.6. The number of halogens is 2. The van der Waals surface area contributed by atoms with Gasteiger partial charge < -0.3 is 9.84 Å². The van der Waals surface area contributed by atoms with Gasteiger partial charge in [-0.2, -0.15) is 0 Å². The molecule has 118 valence electrons. The quantitative estimate of drug-likeness (QED) is 0.907. The van der Waals surface area contributed by atoms with Gasteiger partial charge in [-0.15, -0.1) is 0 Å². The van der Waals surface area contributed by atoms with Crippen molar-refractivity contribution in [3.8, 4) is 0 Å². The molecule has 1 aliphatic rings. The van der Waals surface area contributed by atoms with Crippen molar-refractivity contribution in [2.24, 2.45) is 0 Å². The van der Waals surface area contributed by atoms with Gasteiger partial charge in [-0.25, -0.2) is 8.78 Å². The van der Waals surface area contributed by atoms with E-state index in [0.717, 1.165) is 19.0 Å². The Kier molecular flexibility index (Phi) is 5.67. The number of morpholine rings is 1. The smallest absolute Gasteiger partial charge is 0.126 e. The molecule has 0 bridgehead atoms. The standard InChI is InChI=1S/C16H23F2NO2/c1-3-15-10-21-11(2)9-19(15)5-4-16(20)12-6-13(17)8-14(18)7-12/h6-8,11,15-16,20H,3-5,9-10H2,1-2H3. The molecule has 21 heavy (non-hydrogen) atoms. The Hall–Kier alpha value is -1.04. The van der Waals surface area contributed by atoms with Gasteiger partial charge in [0.25, 0.3) is 0 Å². The van der Waals surface area contributed by atoms with Gasteiger partial charge in [-0.1, -0.05) is 6.92 Å². The van der Waals surface area contributed by atoms with E-state index in [1.165, 1.54) is 12.1 Å². The highest BCUT2D eigenvalue weighted by Gasteiger charge is 2.25. The van der Waals surface area contributed by atoms with Crippen LogP contribution in [0.15, 0.2) is 18.2 Å². The maximum Gasteiger partial charge on any atom is 0.126 e. The normalized spacial score (nSPS) is 25.0. The van der Waals surface area contributed by atoms with E-state index in [1.54, 1.807) is 0 Å². The fourth-order valence-corrected chi connectivity index (χ4v) is 2.79. The molecule has 1 aromatic rings. The number of nitrogens with zero attached hydrogens (tertiary/aromatic N) is 1. The van der Waals surface area contributed by atoms with Crippen LogP contribution in [0.4, 0.5) is 8.78 Å². The molecule has 5 heteroatoms. The van der Waals surface area contributed by atoms with Gasteiger partial charge >= 0.3 is 0 Å². The number of benzene rings is 1. The van der Waals surface area contributed by atoms with E-state index < -0.39 is 17.7 Å². The van der Waals surface area contributed by atoms with E-state index in [0.29, 0.717) is 31.2 Å². The second-order valence-corrected chi connectivity index (χ2v) is 5.71. The van der Waals surface area contributed by atoms with Crippen molar-refractivity contribution in [2.75, 3.05) is 19.7 Å². The van der Waals surface area contributed by atoms with Crippen molar-refractivity contribution in [3.63, 3.8) is 0 Å². The van der Waals surface area contributed by atoms with Crippen molar-refractivity contribution in [1.29, 1.82) is 0 Å². The molecular weight excluding hydrogens is 276 g/mol. The maximum absolute atomic E-state index is 13.2. The van der Waals surface area contributed by atoms with Gasteiger partial charge in [0, 0.05) is 25.2 Å². The van der Waals surface area contributed by atoms with Crippen LogP contribution in [0.2, 0.25) is 0 Å². The Morgan fingerprint density at radius 1 is 1.33 bits per heavy atom. The molecule has 1 aliphatic heterocycles. The van der Waals surface area contributed by atoms with E-state index >= 15 is 0 Å². The number of hydrogen-bond acceptors (Lipinski definition) is 3. The van der Waals surface area contributed by atoms with Crippen LogP contribution < -0.4 is 0 Å². The second kappa shape index (κ2) is 7.29. The number of rotatable bonds is 5. The molecule has 0 saturated carbocycles. The first kappa shape index (κ1) is 16.3. The zero-order valence-corrected chi connectivity index (χ0v) is 12.6. The first-order valence-corrected chi connectivity index (χ1v) is 7.49. The molecule has 1 aromatic carbocycles. The predicted octanol–water partition coefficient (Wildman–Crippen LogP) is 2.89. The molecule has 3 atom stereocenters. The average molecular weight is 299 g/mol. The molecule has 0 aliphatic carbocycles. The molecule has 0 amide bonds. The van der Waals surface area contributed by atoms with E-state index in [1.807, 2.05) is 6.92 Å². The lowest BCUT2D eigenvalue weighted by atomic mass is 10.0. The summed E-state index contributed by atoms with van der Waals surface area (Å²) < 4.78 is 32.0. The predicted molar refractivity (Wildman–Crippen MR) is 77.0 cm³/mol. The van der Waals surface area contributed by atoms with Crippen LogP contribution >= 0.6 is 0 Å². The third-order valence-corrected chi connectivity index (χ3v) is 4.01. The SMILES string of the molecule is CCC1COC(C)CN1CCC(O)c1cc(F)cc(F)c1. The Morgan fingerprint density at radius 3 is 2.62 bits per heavy atom. The summed E-state index contributed by atoms with van der Waals surface area (Å²) in [6, 6.07) is 3.53.